The number of carbonyl (C=O) groups is 1. The highest BCUT2D eigenvalue weighted by Gasteiger charge is 2.23. The number of esters is 1. The van der Waals surface area contributed by atoms with Crippen molar-refractivity contribution in [3.8, 4) is 5.75 Å². The van der Waals surface area contributed by atoms with Crippen LogP contribution in [0.4, 0.5) is 17.6 Å². The summed E-state index contributed by atoms with van der Waals surface area (Å²) in [4.78, 5) is 14.3. The molecule has 0 aromatic heterocycles. The molecule has 0 heterocycles. The van der Waals surface area contributed by atoms with E-state index < -0.39 is 41.4 Å². The molecule has 0 saturated heterocycles. The third kappa shape index (κ3) is 29.6. The first-order valence-electron chi connectivity index (χ1n) is 17.4. The zero-order valence-electron chi connectivity index (χ0n) is 30.5. The Hall–Kier alpha value is -2.76. The van der Waals surface area contributed by atoms with E-state index in [0.29, 0.717) is 145 Å². The molecule has 0 bridgehead atoms. The number of hydrogen-bond acceptors (Lipinski definition) is 15. The average molecular weight is 792 g/mol. The molecular formula is C33H53F4N3O14. The summed E-state index contributed by atoms with van der Waals surface area (Å²) in [5.41, 5.74) is 8.14. The van der Waals surface area contributed by atoms with Gasteiger partial charge in [0.1, 0.15) is 0 Å². The third-order valence-electron chi connectivity index (χ3n) is 6.23. The van der Waals surface area contributed by atoms with Crippen molar-refractivity contribution >= 4 is 5.97 Å². The Bertz CT molecular complexity index is 1090. The molecule has 0 aliphatic heterocycles. The Morgan fingerprint density at radius 3 is 1.00 bits per heavy atom. The summed E-state index contributed by atoms with van der Waals surface area (Å²) in [5, 5.41) is 3.36. The second-order valence-electron chi connectivity index (χ2n) is 10.3. The summed E-state index contributed by atoms with van der Waals surface area (Å²) in [6.45, 7) is 9.42. The first kappa shape index (κ1) is 49.3. The minimum Gasteiger partial charge on any atom is -0.420 e. The molecule has 0 spiro atoms. The van der Waals surface area contributed by atoms with Gasteiger partial charge in [0.2, 0.25) is 17.4 Å². The van der Waals surface area contributed by atoms with Gasteiger partial charge in [0.25, 0.3) is 0 Å². The van der Waals surface area contributed by atoms with Crippen LogP contribution in [0.5, 0.6) is 5.75 Å². The van der Waals surface area contributed by atoms with Crippen LogP contribution >= 0.6 is 0 Å². The van der Waals surface area contributed by atoms with Crippen LogP contribution in [0.2, 0.25) is 0 Å². The zero-order valence-corrected chi connectivity index (χ0v) is 30.5. The maximum Gasteiger partial charge on any atom is 0.313 e. The van der Waals surface area contributed by atoms with Crippen molar-refractivity contribution in [3.05, 3.63) is 39.8 Å². The fourth-order valence-corrected chi connectivity index (χ4v) is 3.63. The lowest BCUT2D eigenvalue weighted by Gasteiger charge is -2.09. The second kappa shape index (κ2) is 37.2. The number of hydrogen-bond donors (Lipinski definition) is 0. The van der Waals surface area contributed by atoms with Crippen LogP contribution in [0.3, 0.4) is 0 Å². The molecule has 1 aromatic rings. The van der Waals surface area contributed by atoms with E-state index in [0.717, 1.165) is 0 Å². The summed E-state index contributed by atoms with van der Waals surface area (Å²) >= 11 is 0. The van der Waals surface area contributed by atoms with E-state index in [1.807, 2.05) is 0 Å². The Morgan fingerprint density at radius 1 is 0.463 bits per heavy atom. The van der Waals surface area contributed by atoms with Crippen molar-refractivity contribution in [3.63, 3.8) is 0 Å². The summed E-state index contributed by atoms with van der Waals surface area (Å²) in [7, 11) is 0. The number of rotatable bonds is 40. The van der Waals surface area contributed by atoms with Gasteiger partial charge in [-0.2, -0.15) is 8.78 Å². The lowest BCUT2D eigenvalue weighted by atomic mass is 10.3. The van der Waals surface area contributed by atoms with Gasteiger partial charge in [-0.1, -0.05) is 5.11 Å². The standard InChI is InChI=1S/C33H53F4N3O14/c34-28-27-29(35)32(37)33(31(28)36)54-30(41)1-3-42-5-7-44-9-11-46-13-15-48-17-19-50-21-23-52-25-26-53-24-22-51-20-18-49-16-14-47-12-10-45-8-6-43-4-2-39-40-38/h27H,1-26H2. The Kier molecular flexibility index (Phi) is 33.9. The van der Waals surface area contributed by atoms with Crippen molar-refractivity contribution in [1.29, 1.82) is 0 Å². The minimum atomic E-state index is -1.80. The fraction of sp³-hybridized carbons (Fsp3) is 0.788. The smallest absolute Gasteiger partial charge is 0.313 e. The number of benzene rings is 1. The van der Waals surface area contributed by atoms with Crippen molar-refractivity contribution in [2.45, 2.75) is 6.42 Å². The van der Waals surface area contributed by atoms with E-state index in [1.165, 1.54) is 0 Å². The molecule has 0 aliphatic rings. The van der Waals surface area contributed by atoms with Gasteiger partial charge in [-0.25, -0.2) is 8.78 Å². The van der Waals surface area contributed by atoms with Gasteiger partial charge < -0.3 is 61.6 Å². The monoisotopic (exact) mass is 791 g/mol. The highest BCUT2D eigenvalue weighted by molar-refractivity contribution is 5.72. The molecule has 0 N–H and O–H groups in total. The van der Waals surface area contributed by atoms with Crippen LogP contribution in [0, 0.1) is 23.3 Å². The van der Waals surface area contributed by atoms with Crippen LogP contribution in [-0.2, 0) is 61.6 Å². The van der Waals surface area contributed by atoms with E-state index in [-0.39, 0.29) is 25.9 Å². The van der Waals surface area contributed by atoms with Crippen LogP contribution < -0.4 is 4.74 Å². The van der Waals surface area contributed by atoms with E-state index in [9.17, 15) is 22.4 Å². The lowest BCUT2D eigenvalue weighted by Crippen LogP contribution is -2.16. The number of azide groups is 1. The van der Waals surface area contributed by atoms with Crippen molar-refractivity contribution in [2.75, 3.05) is 165 Å². The van der Waals surface area contributed by atoms with E-state index in [4.69, 9.17) is 62.4 Å². The van der Waals surface area contributed by atoms with E-state index in [2.05, 4.69) is 14.8 Å². The fourth-order valence-electron chi connectivity index (χ4n) is 3.63. The molecule has 0 aliphatic carbocycles. The van der Waals surface area contributed by atoms with Gasteiger partial charge in [0.05, 0.1) is 165 Å². The number of carbonyl (C=O) groups excluding carboxylic acids is 1. The van der Waals surface area contributed by atoms with Gasteiger partial charge in [-0.05, 0) is 5.53 Å². The number of nitrogens with zero attached hydrogens (tertiary/aromatic N) is 3. The van der Waals surface area contributed by atoms with Gasteiger partial charge in [0, 0.05) is 17.5 Å². The Labute approximate surface area is 312 Å². The molecule has 0 atom stereocenters. The van der Waals surface area contributed by atoms with Gasteiger partial charge in [0.15, 0.2) is 11.6 Å². The first-order chi connectivity index (χ1) is 26.5. The largest absolute Gasteiger partial charge is 0.420 e. The van der Waals surface area contributed by atoms with E-state index >= 15 is 0 Å². The molecule has 0 amide bonds. The lowest BCUT2D eigenvalue weighted by molar-refractivity contribution is -0.136. The van der Waals surface area contributed by atoms with Crippen molar-refractivity contribution in [1.82, 2.24) is 0 Å². The van der Waals surface area contributed by atoms with Gasteiger partial charge >= 0.3 is 5.97 Å². The molecule has 54 heavy (non-hydrogen) atoms. The molecule has 0 fully saturated rings. The molecular weight excluding hydrogens is 738 g/mol. The predicted octanol–water partition coefficient (Wildman–Crippen LogP) is 3.05. The number of ether oxygens (including phenoxy) is 13. The highest BCUT2D eigenvalue weighted by Crippen LogP contribution is 2.26. The third-order valence-corrected chi connectivity index (χ3v) is 6.23. The minimum absolute atomic E-state index is 0.0158. The van der Waals surface area contributed by atoms with Gasteiger partial charge in [-0.3, -0.25) is 4.79 Å². The molecule has 17 nitrogen and oxygen atoms in total. The molecule has 0 unspecified atom stereocenters. The maximum atomic E-state index is 13.5. The predicted molar refractivity (Wildman–Crippen MR) is 180 cm³/mol. The molecule has 312 valence electrons. The maximum absolute atomic E-state index is 13.5. The van der Waals surface area contributed by atoms with Crippen molar-refractivity contribution < 1.29 is 83.9 Å². The topological polar surface area (TPSA) is 186 Å². The van der Waals surface area contributed by atoms with E-state index in [1.54, 1.807) is 0 Å². The van der Waals surface area contributed by atoms with Crippen LogP contribution in [-0.4, -0.2) is 171 Å². The Balaban J connectivity index is 1.69. The SMILES string of the molecule is [N-]=[N+]=NCCOCCOCCOCCOCCOCCOCCOCCOCCOCCOCCOCCOCCC(=O)Oc1c(F)c(F)cc(F)c1F. The van der Waals surface area contributed by atoms with Crippen LogP contribution in [0.15, 0.2) is 11.2 Å². The summed E-state index contributed by atoms with van der Waals surface area (Å²) in [6.07, 6.45) is -0.397. The molecule has 21 heteroatoms. The van der Waals surface area contributed by atoms with Crippen LogP contribution in [0.25, 0.3) is 10.4 Å². The Morgan fingerprint density at radius 2 is 0.722 bits per heavy atom. The zero-order chi connectivity index (χ0) is 39.2. The summed E-state index contributed by atoms with van der Waals surface area (Å²) in [5.74, 6) is -9.50. The summed E-state index contributed by atoms with van der Waals surface area (Å²) in [6, 6.07) is 0.0158. The molecule has 0 radical (unpaired) electrons. The van der Waals surface area contributed by atoms with Crippen molar-refractivity contribution in [2.24, 2.45) is 5.11 Å². The van der Waals surface area contributed by atoms with Crippen LogP contribution in [0.1, 0.15) is 6.42 Å². The first-order valence-corrected chi connectivity index (χ1v) is 17.4. The second-order valence-corrected chi connectivity index (χ2v) is 10.3. The number of halogens is 4. The molecule has 0 saturated carbocycles. The highest BCUT2D eigenvalue weighted by atomic mass is 19.2. The normalized spacial score (nSPS) is 11.3. The molecule has 1 rings (SSSR count). The molecule has 1 aromatic carbocycles. The average Bonchev–Trinajstić information content (AvgIpc) is 3.16. The quantitative estimate of drug-likeness (QED) is 0.0138. The van der Waals surface area contributed by atoms with Gasteiger partial charge in [-0.15, -0.1) is 0 Å². The summed E-state index contributed by atoms with van der Waals surface area (Å²) < 4.78 is 122.